The van der Waals surface area contributed by atoms with Gasteiger partial charge in [-0.05, 0) is 6.07 Å². The average Bonchev–Trinajstić information content (AvgIpc) is 2.51. The molecule has 0 spiro atoms. The third-order valence-corrected chi connectivity index (χ3v) is 2.36. The summed E-state index contributed by atoms with van der Waals surface area (Å²) in [5.41, 5.74) is 1.39. The number of fused-ring (bicyclic) bond motifs is 1. The van der Waals surface area contributed by atoms with Crippen LogP contribution < -0.4 is 5.69 Å². The fraction of sp³-hybridized carbons (Fsp3) is 0.400. The van der Waals surface area contributed by atoms with E-state index in [1.165, 1.54) is 4.57 Å². The maximum Gasteiger partial charge on any atom is 0.330 e. The molecule has 0 aliphatic rings. The van der Waals surface area contributed by atoms with Crippen LogP contribution in [0.25, 0.3) is 11.2 Å². The standard InChI is InChI=1S/C10H12N3O2/c1-12-9-8(4-3-5-11-9)13(10(12)14)6-7-15-2/h4-5H,6-7H2,1-2H3. The van der Waals surface area contributed by atoms with Gasteiger partial charge in [0, 0.05) is 26.4 Å². The van der Waals surface area contributed by atoms with Crippen LogP contribution in [0, 0.1) is 6.07 Å². The molecule has 15 heavy (non-hydrogen) atoms. The van der Waals surface area contributed by atoms with E-state index < -0.39 is 0 Å². The van der Waals surface area contributed by atoms with Crippen LogP contribution >= 0.6 is 0 Å². The van der Waals surface area contributed by atoms with E-state index in [2.05, 4.69) is 11.1 Å². The van der Waals surface area contributed by atoms with Gasteiger partial charge in [-0.25, -0.2) is 9.78 Å². The first-order valence-corrected chi connectivity index (χ1v) is 4.66. The van der Waals surface area contributed by atoms with Crippen LogP contribution in [0.15, 0.2) is 17.1 Å². The molecule has 0 fully saturated rings. The highest BCUT2D eigenvalue weighted by Crippen LogP contribution is 2.07. The molecule has 0 bridgehead atoms. The first kappa shape index (κ1) is 9.92. The molecule has 79 valence electrons. The minimum Gasteiger partial charge on any atom is -0.383 e. The van der Waals surface area contributed by atoms with Crippen molar-refractivity contribution in [2.75, 3.05) is 13.7 Å². The maximum atomic E-state index is 11.8. The topological polar surface area (TPSA) is 49.0 Å². The summed E-state index contributed by atoms with van der Waals surface area (Å²) in [6, 6.07) is 4.63. The Bertz CT molecular complexity index is 527. The van der Waals surface area contributed by atoms with Crippen molar-refractivity contribution in [3.05, 3.63) is 28.8 Å². The van der Waals surface area contributed by atoms with Crippen molar-refractivity contribution in [2.45, 2.75) is 6.54 Å². The maximum absolute atomic E-state index is 11.8. The van der Waals surface area contributed by atoms with Gasteiger partial charge in [-0.15, -0.1) is 0 Å². The van der Waals surface area contributed by atoms with Crippen molar-refractivity contribution in [3.8, 4) is 0 Å². The number of imidazole rings is 1. The molecule has 2 heterocycles. The number of pyridine rings is 1. The Balaban J connectivity index is 2.62. The summed E-state index contributed by atoms with van der Waals surface area (Å²) in [6.45, 7) is 1.04. The van der Waals surface area contributed by atoms with Gasteiger partial charge in [0.15, 0.2) is 5.65 Å². The molecule has 0 atom stereocenters. The molecule has 5 heteroatoms. The zero-order chi connectivity index (χ0) is 10.8. The molecular weight excluding hydrogens is 194 g/mol. The molecule has 0 unspecified atom stereocenters. The smallest absolute Gasteiger partial charge is 0.330 e. The molecule has 0 aromatic carbocycles. The third-order valence-electron chi connectivity index (χ3n) is 2.36. The summed E-state index contributed by atoms with van der Waals surface area (Å²) in [4.78, 5) is 15.9. The molecule has 2 aromatic heterocycles. The van der Waals surface area contributed by atoms with Crippen LogP contribution in [0.3, 0.4) is 0 Å². The van der Waals surface area contributed by atoms with E-state index in [0.29, 0.717) is 18.8 Å². The molecule has 0 N–H and O–H groups in total. The number of hydrogen-bond donors (Lipinski definition) is 0. The van der Waals surface area contributed by atoms with Crippen LogP contribution in [-0.4, -0.2) is 27.8 Å². The largest absolute Gasteiger partial charge is 0.383 e. The van der Waals surface area contributed by atoms with Gasteiger partial charge < -0.3 is 4.74 Å². The van der Waals surface area contributed by atoms with Crippen molar-refractivity contribution in [1.29, 1.82) is 0 Å². The number of aromatic nitrogens is 3. The molecule has 0 amide bonds. The van der Waals surface area contributed by atoms with Gasteiger partial charge in [0.05, 0.1) is 18.7 Å². The molecule has 2 rings (SSSR count). The second-order valence-electron chi connectivity index (χ2n) is 3.26. The summed E-state index contributed by atoms with van der Waals surface area (Å²) >= 11 is 0. The van der Waals surface area contributed by atoms with E-state index in [1.807, 2.05) is 0 Å². The summed E-state index contributed by atoms with van der Waals surface area (Å²) in [7, 11) is 3.32. The predicted molar refractivity (Wildman–Crippen MR) is 55.7 cm³/mol. The van der Waals surface area contributed by atoms with Gasteiger partial charge >= 0.3 is 5.69 Å². The Kier molecular flexibility index (Phi) is 2.55. The molecule has 0 aliphatic heterocycles. The lowest BCUT2D eigenvalue weighted by atomic mass is 10.4. The lowest BCUT2D eigenvalue weighted by molar-refractivity contribution is 0.187. The monoisotopic (exact) mass is 206 g/mol. The highest BCUT2D eigenvalue weighted by atomic mass is 16.5. The van der Waals surface area contributed by atoms with E-state index in [1.54, 1.807) is 31.0 Å². The van der Waals surface area contributed by atoms with Crippen LogP contribution in [0.2, 0.25) is 0 Å². The van der Waals surface area contributed by atoms with Gasteiger partial charge in [-0.3, -0.25) is 9.13 Å². The molecule has 0 saturated carbocycles. The van der Waals surface area contributed by atoms with Crippen LogP contribution in [0.1, 0.15) is 0 Å². The fourth-order valence-electron chi connectivity index (χ4n) is 1.58. The Labute approximate surface area is 86.9 Å². The molecular formula is C10H12N3O2. The number of nitrogens with zero attached hydrogens (tertiary/aromatic N) is 3. The molecule has 1 radical (unpaired) electrons. The third kappa shape index (κ3) is 1.55. The van der Waals surface area contributed by atoms with Gasteiger partial charge in [0.2, 0.25) is 0 Å². The minimum atomic E-state index is -0.0749. The zero-order valence-corrected chi connectivity index (χ0v) is 8.73. The minimum absolute atomic E-state index is 0.0749. The van der Waals surface area contributed by atoms with Crippen molar-refractivity contribution in [1.82, 2.24) is 14.1 Å². The second kappa shape index (κ2) is 3.86. The van der Waals surface area contributed by atoms with Crippen LogP contribution in [0.5, 0.6) is 0 Å². The molecule has 0 saturated heterocycles. The number of methoxy groups -OCH3 is 1. The number of rotatable bonds is 3. The van der Waals surface area contributed by atoms with E-state index in [0.717, 1.165) is 5.52 Å². The Hall–Kier alpha value is -1.62. The number of ether oxygens (including phenoxy) is 1. The normalized spacial score (nSPS) is 11.1. The number of aryl methyl sites for hydroxylation is 1. The van der Waals surface area contributed by atoms with Gasteiger partial charge in [0.25, 0.3) is 0 Å². The quantitative estimate of drug-likeness (QED) is 0.720. The van der Waals surface area contributed by atoms with E-state index in [9.17, 15) is 4.79 Å². The average molecular weight is 206 g/mol. The Morgan fingerprint density at radius 1 is 1.60 bits per heavy atom. The van der Waals surface area contributed by atoms with Crippen LogP contribution in [0.4, 0.5) is 0 Å². The summed E-state index contributed by atoms with van der Waals surface area (Å²) in [6.07, 6.45) is 1.56. The molecule has 0 aliphatic carbocycles. The zero-order valence-electron chi connectivity index (χ0n) is 8.73. The highest BCUT2D eigenvalue weighted by Gasteiger charge is 2.09. The Morgan fingerprint density at radius 2 is 2.40 bits per heavy atom. The highest BCUT2D eigenvalue weighted by molar-refractivity contribution is 5.70. The fourth-order valence-corrected chi connectivity index (χ4v) is 1.58. The molecule has 5 nitrogen and oxygen atoms in total. The SMILES string of the molecule is COCCn1c(=O)n(C)c2nc[c]cc21. The van der Waals surface area contributed by atoms with E-state index in [4.69, 9.17) is 4.74 Å². The first-order valence-electron chi connectivity index (χ1n) is 4.66. The van der Waals surface area contributed by atoms with E-state index in [-0.39, 0.29) is 5.69 Å². The Morgan fingerprint density at radius 3 is 3.13 bits per heavy atom. The van der Waals surface area contributed by atoms with Crippen molar-refractivity contribution >= 4 is 11.2 Å². The molecule has 2 aromatic rings. The van der Waals surface area contributed by atoms with Crippen molar-refractivity contribution in [3.63, 3.8) is 0 Å². The lowest BCUT2D eigenvalue weighted by Crippen LogP contribution is -2.23. The second-order valence-corrected chi connectivity index (χ2v) is 3.26. The van der Waals surface area contributed by atoms with Gasteiger partial charge in [-0.2, -0.15) is 0 Å². The van der Waals surface area contributed by atoms with Gasteiger partial charge in [0.1, 0.15) is 0 Å². The predicted octanol–water partition coefficient (Wildman–Crippen LogP) is 0.182. The van der Waals surface area contributed by atoms with E-state index >= 15 is 0 Å². The summed E-state index contributed by atoms with van der Waals surface area (Å²) in [5, 5.41) is 0. The van der Waals surface area contributed by atoms with Gasteiger partial charge in [-0.1, -0.05) is 0 Å². The van der Waals surface area contributed by atoms with Crippen molar-refractivity contribution in [2.24, 2.45) is 7.05 Å². The van der Waals surface area contributed by atoms with Crippen molar-refractivity contribution < 1.29 is 4.74 Å². The summed E-state index contributed by atoms with van der Waals surface area (Å²) in [5.74, 6) is 0. The first-order chi connectivity index (χ1) is 7.25. The lowest BCUT2D eigenvalue weighted by Gasteiger charge is -2.00. The van der Waals surface area contributed by atoms with Crippen LogP contribution in [-0.2, 0) is 18.3 Å². The number of hydrogen-bond acceptors (Lipinski definition) is 3. The summed E-state index contributed by atoms with van der Waals surface area (Å²) < 4.78 is 8.13.